The molecule has 1 N–H and O–H groups in total. The van der Waals surface area contributed by atoms with Crippen LogP contribution in [0.5, 0.6) is 0 Å². The summed E-state index contributed by atoms with van der Waals surface area (Å²) >= 11 is 5.12. The number of benzene rings is 2. The number of fused-ring (bicyclic) bond motifs is 1. The molecule has 0 bridgehead atoms. The third kappa shape index (κ3) is 2.46. The molecule has 1 atom stereocenters. The summed E-state index contributed by atoms with van der Waals surface area (Å²) in [5.74, 6) is 0. The monoisotopic (exact) mass is 332 g/mol. The van der Waals surface area contributed by atoms with E-state index < -0.39 is 6.10 Å². The lowest BCUT2D eigenvalue weighted by Crippen LogP contribution is -1.99. The highest BCUT2D eigenvalue weighted by Crippen LogP contribution is 2.34. The molecule has 0 radical (unpaired) electrons. The number of aliphatic hydroxyl groups excluding tert-OH is 1. The molecule has 0 aliphatic rings. The van der Waals surface area contributed by atoms with Crippen molar-refractivity contribution in [3.05, 3.63) is 68.3 Å². The summed E-state index contributed by atoms with van der Waals surface area (Å²) in [6.45, 7) is 2.04. The topological polar surface area (TPSA) is 20.2 Å². The van der Waals surface area contributed by atoms with E-state index in [9.17, 15) is 5.11 Å². The van der Waals surface area contributed by atoms with Crippen LogP contribution in [0.4, 0.5) is 0 Å². The number of hydrogen-bond donors (Lipinski definition) is 1. The first-order valence-corrected chi connectivity index (χ1v) is 7.69. The van der Waals surface area contributed by atoms with Gasteiger partial charge < -0.3 is 5.11 Å². The van der Waals surface area contributed by atoms with Crippen LogP contribution in [0.15, 0.2) is 52.3 Å². The van der Waals surface area contributed by atoms with E-state index in [-0.39, 0.29) is 0 Å². The van der Waals surface area contributed by atoms with Gasteiger partial charge in [0.25, 0.3) is 0 Å². The molecule has 1 heterocycles. The minimum Gasteiger partial charge on any atom is -0.384 e. The highest BCUT2D eigenvalue weighted by Gasteiger charge is 2.15. The normalized spacial score (nSPS) is 12.8. The Morgan fingerprint density at radius 2 is 1.79 bits per heavy atom. The van der Waals surface area contributed by atoms with Gasteiger partial charge in [-0.3, -0.25) is 0 Å². The van der Waals surface area contributed by atoms with Crippen molar-refractivity contribution in [2.75, 3.05) is 0 Å². The van der Waals surface area contributed by atoms with E-state index in [2.05, 4.69) is 40.2 Å². The molecule has 0 saturated heterocycles. The fourth-order valence-electron chi connectivity index (χ4n) is 2.29. The molecule has 0 fully saturated rings. The van der Waals surface area contributed by atoms with Crippen molar-refractivity contribution in [1.82, 2.24) is 0 Å². The number of aryl methyl sites for hydroxylation is 1. The van der Waals surface area contributed by atoms with Crippen molar-refractivity contribution in [1.29, 1.82) is 0 Å². The third-order valence-corrected chi connectivity index (χ3v) is 4.88. The van der Waals surface area contributed by atoms with Crippen LogP contribution in [0, 0.1) is 6.92 Å². The standard InChI is InChI=1S/C16H13BrOS/c1-10-14(9-15(17)19-10)16(18)13-7-6-11-4-2-3-5-12(11)8-13/h2-9,16,18H,1H3. The minimum atomic E-state index is -0.563. The number of hydrogen-bond acceptors (Lipinski definition) is 2. The summed E-state index contributed by atoms with van der Waals surface area (Å²) in [6, 6.07) is 16.3. The molecule has 0 saturated carbocycles. The van der Waals surface area contributed by atoms with E-state index in [1.54, 1.807) is 11.3 Å². The second-order valence-corrected chi connectivity index (χ2v) is 7.21. The average molecular weight is 333 g/mol. The molecular formula is C16H13BrOS. The molecule has 0 aliphatic heterocycles. The molecule has 19 heavy (non-hydrogen) atoms. The lowest BCUT2D eigenvalue weighted by Gasteiger charge is -2.12. The van der Waals surface area contributed by atoms with E-state index in [4.69, 9.17) is 0 Å². The maximum atomic E-state index is 10.5. The lowest BCUT2D eigenvalue weighted by atomic mass is 9.99. The van der Waals surface area contributed by atoms with Crippen LogP contribution in [0.2, 0.25) is 0 Å². The molecule has 0 spiro atoms. The molecule has 2 aromatic carbocycles. The Labute approximate surface area is 124 Å². The number of aliphatic hydroxyl groups is 1. The maximum absolute atomic E-state index is 10.5. The van der Waals surface area contributed by atoms with Crippen LogP contribution in [0.1, 0.15) is 22.1 Å². The first kappa shape index (κ1) is 12.9. The molecule has 3 aromatic rings. The quantitative estimate of drug-likeness (QED) is 0.695. The van der Waals surface area contributed by atoms with Crippen LogP contribution in [0.3, 0.4) is 0 Å². The van der Waals surface area contributed by atoms with E-state index in [0.717, 1.165) is 25.2 Å². The molecule has 96 valence electrons. The molecule has 0 aliphatic carbocycles. The smallest absolute Gasteiger partial charge is 0.105 e. The molecule has 1 nitrogen and oxygen atoms in total. The van der Waals surface area contributed by atoms with Gasteiger partial charge in [0.05, 0.1) is 3.79 Å². The van der Waals surface area contributed by atoms with Crippen molar-refractivity contribution in [3.8, 4) is 0 Å². The van der Waals surface area contributed by atoms with Crippen molar-refractivity contribution in [3.63, 3.8) is 0 Å². The Balaban J connectivity index is 2.06. The lowest BCUT2D eigenvalue weighted by molar-refractivity contribution is 0.220. The fraction of sp³-hybridized carbons (Fsp3) is 0.125. The van der Waals surface area contributed by atoms with Gasteiger partial charge in [0, 0.05) is 4.88 Å². The van der Waals surface area contributed by atoms with Crippen LogP contribution >= 0.6 is 27.3 Å². The van der Waals surface area contributed by atoms with Gasteiger partial charge in [-0.2, -0.15) is 0 Å². The minimum absolute atomic E-state index is 0.563. The van der Waals surface area contributed by atoms with E-state index in [0.29, 0.717) is 0 Å². The SMILES string of the molecule is Cc1sc(Br)cc1C(O)c1ccc2ccccc2c1. The average Bonchev–Trinajstić information content (AvgIpc) is 2.76. The highest BCUT2D eigenvalue weighted by molar-refractivity contribution is 9.11. The Morgan fingerprint density at radius 1 is 1.05 bits per heavy atom. The Hall–Kier alpha value is -1.16. The van der Waals surface area contributed by atoms with Crippen molar-refractivity contribution in [2.24, 2.45) is 0 Å². The summed E-state index contributed by atoms with van der Waals surface area (Å²) in [5, 5.41) is 12.9. The van der Waals surface area contributed by atoms with Crippen LogP contribution in [0.25, 0.3) is 10.8 Å². The predicted molar refractivity (Wildman–Crippen MR) is 84.8 cm³/mol. The zero-order valence-electron chi connectivity index (χ0n) is 10.4. The van der Waals surface area contributed by atoms with Gasteiger partial charge in [-0.1, -0.05) is 36.4 Å². The van der Waals surface area contributed by atoms with Crippen molar-refractivity contribution >= 4 is 38.0 Å². The maximum Gasteiger partial charge on any atom is 0.105 e. The summed E-state index contributed by atoms with van der Waals surface area (Å²) in [5.41, 5.74) is 1.92. The molecule has 0 amide bonds. The van der Waals surface area contributed by atoms with Crippen LogP contribution in [-0.2, 0) is 0 Å². The number of halogens is 1. The van der Waals surface area contributed by atoms with Crippen LogP contribution in [-0.4, -0.2) is 5.11 Å². The van der Waals surface area contributed by atoms with Gasteiger partial charge in [0.1, 0.15) is 6.10 Å². The van der Waals surface area contributed by atoms with Gasteiger partial charge in [0.2, 0.25) is 0 Å². The van der Waals surface area contributed by atoms with Crippen molar-refractivity contribution < 1.29 is 5.11 Å². The van der Waals surface area contributed by atoms with Gasteiger partial charge in [-0.25, -0.2) is 0 Å². The second kappa shape index (κ2) is 5.08. The first-order valence-electron chi connectivity index (χ1n) is 6.08. The van der Waals surface area contributed by atoms with Gasteiger partial charge >= 0.3 is 0 Å². The Morgan fingerprint density at radius 3 is 2.47 bits per heavy atom. The van der Waals surface area contributed by atoms with E-state index in [1.807, 2.05) is 31.2 Å². The van der Waals surface area contributed by atoms with Gasteiger partial charge in [-0.15, -0.1) is 11.3 Å². The summed E-state index contributed by atoms with van der Waals surface area (Å²) in [4.78, 5) is 1.15. The first-order chi connectivity index (χ1) is 9.15. The molecule has 1 aromatic heterocycles. The number of thiophene rings is 1. The highest BCUT2D eigenvalue weighted by atomic mass is 79.9. The summed E-state index contributed by atoms with van der Waals surface area (Å²) < 4.78 is 1.06. The Bertz CT molecular complexity index is 732. The predicted octanol–water partition coefficient (Wildman–Crippen LogP) is 5.05. The van der Waals surface area contributed by atoms with Gasteiger partial charge in [0.15, 0.2) is 0 Å². The summed E-state index contributed by atoms with van der Waals surface area (Å²) in [7, 11) is 0. The number of rotatable bonds is 2. The van der Waals surface area contributed by atoms with E-state index in [1.165, 1.54) is 5.39 Å². The fourth-order valence-corrected chi connectivity index (χ4v) is 4.03. The molecule has 3 heteroatoms. The Kier molecular flexibility index (Phi) is 3.44. The largest absolute Gasteiger partial charge is 0.384 e. The van der Waals surface area contributed by atoms with Crippen molar-refractivity contribution in [2.45, 2.75) is 13.0 Å². The van der Waals surface area contributed by atoms with E-state index >= 15 is 0 Å². The summed E-state index contributed by atoms with van der Waals surface area (Å²) in [6.07, 6.45) is -0.563. The third-order valence-electron chi connectivity index (χ3n) is 3.31. The molecule has 3 rings (SSSR count). The van der Waals surface area contributed by atoms with Crippen LogP contribution < -0.4 is 0 Å². The van der Waals surface area contributed by atoms with Gasteiger partial charge in [-0.05, 0) is 56.9 Å². The molecule has 1 unspecified atom stereocenters. The zero-order chi connectivity index (χ0) is 13.4. The second-order valence-electron chi connectivity index (χ2n) is 4.57. The molecular weight excluding hydrogens is 320 g/mol. The zero-order valence-corrected chi connectivity index (χ0v) is 12.8.